The van der Waals surface area contributed by atoms with Crippen molar-refractivity contribution in [3.8, 4) is 22.3 Å². The van der Waals surface area contributed by atoms with Crippen molar-refractivity contribution in [1.29, 1.82) is 0 Å². The molecular weight excluding hydrogens is 793 g/mol. The van der Waals surface area contributed by atoms with Crippen molar-refractivity contribution in [3.05, 3.63) is 257 Å². The topological polar surface area (TPSA) is 0 Å². The van der Waals surface area contributed by atoms with Gasteiger partial charge in [-0.1, -0.05) is 146 Å². The molecule has 0 spiro atoms. The summed E-state index contributed by atoms with van der Waals surface area (Å²) in [7, 11) is 0. The SMILES string of the molecule is Cc1ccc(-c2ccc(C)c(C)c2)cc1C.Cc1ccc(-c2cccc(C)c2C)cc1C.Cc1ccc(Cc2ccc(C)c(C)c2)cc1C.Cc1ccc(Cc2cccc(C)c2C)cc1C. The van der Waals surface area contributed by atoms with E-state index in [0.29, 0.717) is 0 Å². The van der Waals surface area contributed by atoms with E-state index in [-0.39, 0.29) is 0 Å². The van der Waals surface area contributed by atoms with Crippen molar-refractivity contribution in [2.45, 2.75) is 124 Å². The Labute approximate surface area is 400 Å². The second-order valence-electron chi connectivity index (χ2n) is 19.1. The lowest BCUT2D eigenvalue weighted by Gasteiger charge is -2.10. The summed E-state index contributed by atoms with van der Waals surface area (Å²) in [5, 5.41) is 0. The van der Waals surface area contributed by atoms with Crippen LogP contribution in [0.25, 0.3) is 22.3 Å². The van der Waals surface area contributed by atoms with Crippen LogP contribution in [0.5, 0.6) is 0 Å². The molecule has 0 bridgehead atoms. The first-order valence-electron chi connectivity index (χ1n) is 23.8. The van der Waals surface area contributed by atoms with Crippen LogP contribution in [0.1, 0.15) is 111 Å². The minimum Gasteiger partial charge on any atom is -0.0617 e. The number of hydrogen-bond donors (Lipinski definition) is 0. The number of aryl methyl sites for hydroxylation is 14. The molecule has 66 heavy (non-hydrogen) atoms. The molecule has 0 aliphatic carbocycles. The van der Waals surface area contributed by atoms with Gasteiger partial charge in [0, 0.05) is 0 Å². The fourth-order valence-corrected chi connectivity index (χ4v) is 8.01. The molecule has 0 nitrogen and oxygen atoms in total. The van der Waals surface area contributed by atoms with Crippen molar-refractivity contribution < 1.29 is 0 Å². The van der Waals surface area contributed by atoms with Gasteiger partial charge in [0.1, 0.15) is 0 Å². The molecule has 8 aromatic rings. The quantitative estimate of drug-likeness (QED) is 0.156. The van der Waals surface area contributed by atoms with E-state index in [1.54, 1.807) is 0 Å². The molecule has 0 fully saturated rings. The second kappa shape index (κ2) is 23.3. The molecule has 0 aliphatic heterocycles. The van der Waals surface area contributed by atoms with E-state index >= 15 is 0 Å². The van der Waals surface area contributed by atoms with Crippen LogP contribution in [-0.2, 0) is 12.8 Å². The molecule has 340 valence electrons. The van der Waals surface area contributed by atoms with E-state index in [2.05, 4.69) is 256 Å². The van der Waals surface area contributed by atoms with Crippen molar-refractivity contribution in [3.63, 3.8) is 0 Å². The van der Waals surface area contributed by atoms with Crippen LogP contribution in [0.2, 0.25) is 0 Å². The lowest BCUT2D eigenvalue weighted by atomic mass is 9.95. The molecule has 0 heterocycles. The molecule has 0 amide bonds. The highest BCUT2D eigenvalue weighted by Gasteiger charge is 2.07. The monoisotopic (exact) mass is 869 g/mol. The molecule has 0 aromatic heterocycles. The Bertz CT molecular complexity index is 2820. The summed E-state index contributed by atoms with van der Waals surface area (Å²) in [5.41, 5.74) is 32.9. The summed E-state index contributed by atoms with van der Waals surface area (Å²) >= 11 is 0. The Morgan fingerprint density at radius 3 is 0.939 bits per heavy atom. The molecule has 8 aromatic carbocycles. The average Bonchev–Trinajstić information content (AvgIpc) is 3.28. The first kappa shape index (κ1) is 50.8. The van der Waals surface area contributed by atoms with Gasteiger partial charge in [0.25, 0.3) is 0 Å². The Morgan fingerprint density at radius 2 is 0.545 bits per heavy atom. The van der Waals surface area contributed by atoms with E-state index in [1.807, 2.05) is 0 Å². The maximum atomic E-state index is 2.30. The first-order chi connectivity index (χ1) is 31.3. The Morgan fingerprint density at radius 1 is 0.227 bits per heavy atom. The summed E-state index contributed by atoms with van der Waals surface area (Å²) in [6, 6.07) is 53.3. The largest absolute Gasteiger partial charge is 0.0617 e. The molecular formula is C66H76. The van der Waals surface area contributed by atoms with Gasteiger partial charge in [0.05, 0.1) is 0 Å². The van der Waals surface area contributed by atoms with Gasteiger partial charge in [0.15, 0.2) is 0 Å². The van der Waals surface area contributed by atoms with Crippen LogP contribution < -0.4 is 0 Å². The minimum absolute atomic E-state index is 1.03. The fourth-order valence-electron chi connectivity index (χ4n) is 8.01. The van der Waals surface area contributed by atoms with Gasteiger partial charge < -0.3 is 0 Å². The highest BCUT2D eigenvalue weighted by molar-refractivity contribution is 5.69. The van der Waals surface area contributed by atoms with Crippen LogP contribution in [0, 0.1) is 111 Å². The van der Waals surface area contributed by atoms with Crippen molar-refractivity contribution >= 4 is 0 Å². The standard InChI is InChI=1S/2C17H20.2C16H18/c1-12-5-7-16(9-14(12)3)11-17-8-6-13(2)15(4)10-17;1-12-8-9-16(10-14(12)3)11-17-7-5-6-13(2)15(17)4;1-11-5-7-15(9-13(11)3)16-8-6-12(2)14(4)10-16;1-11-8-9-15(10-13(11)3)16-7-5-6-12(2)14(16)4/h2*5-10H,11H2,1-4H3;2*5-10H,1-4H3. The zero-order valence-electron chi connectivity index (χ0n) is 43.3. The van der Waals surface area contributed by atoms with Gasteiger partial charge in [0.2, 0.25) is 0 Å². The van der Waals surface area contributed by atoms with Crippen LogP contribution in [0.3, 0.4) is 0 Å². The molecule has 0 aliphatic rings. The maximum Gasteiger partial charge on any atom is -0.00229 e. The van der Waals surface area contributed by atoms with E-state index in [4.69, 9.17) is 0 Å². The van der Waals surface area contributed by atoms with E-state index in [0.717, 1.165) is 12.8 Å². The van der Waals surface area contributed by atoms with Crippen molar-refractivity contribution in [2.75, 3.05) is 0 Å². The molecule has 0 atom stereocenters. The van der Waals surface area contributed by atoms with Gasteiger partial charge in [-0.05, 0) is 257 Å². The summed E-state index contributed by atoms with van der Waals surface area (Å²) in [4.78, 5) is 0. The molecule has 0 radical (unpaired) electrons. The third-order valence-electron chi connectivity index (χ3n) is 14.0. The Hall–Kier alpha value is -6.24. The molecule has 0 saturated heterocycles. The summed E-state index contributed by atoms with van der Waals surface area (Å²) < 4.78 is 0. The fraction of sp³-hybridized carbons (Fsp3) is 0.273. The highest BCUT2D eigenvalue weighted by Crippen LogP contribution is 2.28. The Kier molecular flexibility index (Phi) is 17.9. The third-order valence-corrected chi connectivity index (χ3v) is 14.0. The number of hydrogen-bond acceptors (Lipinski definition) is 0. The first-order valence-corrected chi connectivity index (χ1v) is 23.8. The predicted octanol–water partition coefficient (Wildman–Crippen LogP) is 18.2. The minimum atomic E-state index is 1.03. The summed E-state index contributed by atoms with van der Waals surface area (Å²) in [6.45, 7) is 34.7. The van der Waals surface area contributed by atoms with E-state index in [1.165, 1.54) is 134 Å². The van der Waals surface area contributed by atoms with Gasteiger partial charge >= 0.3 is 0 Å². The third kappa shape index (κ3) is 13.9. The lowest BCUT2D eigenvalue weighted by Crippen LogP contribution is -1.95. The number of benzene rings is 8. The summed E-state index contributed by atoms with van der Waals surface area (Å²) in [6.07, 6.45) is 2.07. The number of rotatable bonds is 6. The lowest BCUT2D eigenvalue weighted by molar-refractivity contribution is 1.12. The average molecular weight is 869 g/mol. The zero-order valence-corrected chi connectivity index (χ0v) is 43.3. The van der Waals surface area contributed by atoms with Gasteiger partial charge in [-0.15, -0.1) is 0 Å². The normalized spacial score (nSPS) is 10.5. The molecule has 8 rings (SSSR count). The van der Waals surface area contributed by atoms with Crippen LogP contribution in [-0.4, -0.2) is 0 Å². The van der Waals surface area contributed by atoms with Crippen molar-refractivity contribution in [2.24, 2.45) is 0 Å². The molecule has 0 unspecified atom stereocenters. The predicted molar refractivity (Wildman–Crippen MR) is 291 cm³/mol. The molecule has 0 N–H and O–H groups in total. The zero-order chi connectivity index (χ0) is 48.2. The van der Waals surface area contributed by atoms with Gasteiger partial charge in [-0.25, -0.2) is 0 Å². The van der Waals surface area contributed by atoms with E-state index < -0.39 is 0 Å². The van der Waals surface area contributed by atoms with Crippen LogP contribution >= 0.6 is 0 Å². The van der Waals surface area contributed by atoms with Gasteiger partial charge in [-0.2, -0.15) is 0 Å². The molecule has 0 saturated carbocycles. The van der Waals surface area contributed by atoms with E-state index in [9.17, 15) is 0 Å². The summed E-state index contributed by atoms with van der Waals surface area (Å²) in [5.74, 6) is 0. The highest BCUT2D eigenvalue weighted by atomic mass is 14.1. The van der Waals surface area contributed by atoms with Gasteiger partial charge in [-0.3, -0.25) is 0 Å². The molecule has 0 heteroatoms. The maximum absolute atomic E-state index is 2.30. The second-order valence-corrected chi connectivity index (χ2v) is 19.1. The smallest absolute Gasteiger partial charge is 0.00229 e. The Balaban J connectivity index is 0.000000165. The van der Waals surface area contributed by atoms with Crippen LogP contribution in [0.15, 0.2) is 146 Å². The van der Waals surface area contributed by atoms with Crippen LogP contribution in [0.4, 0.5) is 0 Å². The van der Waals surface area contributed by atoms with Crippen molar-refractivity contribution in [1.82, 2.24) is 0 Å².